The summed E-state index contributed by atoms with van der Waals surface area (Å²) in [6.45, 7) is 3.61. The summed E-state index contributed by atoms with van der Waals surface area (Å²) in [7, 11) is 0. The van der Waals surface area contributed by atoms with E-state index in [1.807, 2.05) is 13.8 Å². The minimum absolute atomic E-state index is 0.0320. The number of nitrogens with one attached hydrogen (secondary N) is 2. The topological polar surface area (TPSA) is 61.4 Å². The number of alkyl halides is 3. The summed E-state index contributed by atoms with van der Waals surface area (Å²) in [6, 6.07) is 1.95. The Balaban J connectivity index is 2.76. The van der Waals surface area contributed by atoms with Gasteiger partial charge in [-0.1, -0.05) is 25.4 Å². The number of hydrogen-bond acceptors (Lipinski definition) is 2. The smallest absolute Gasteiger partial charge is 0.394 e. The quantitative estimate of drug-likeness (QED) is 0.762. The van der Waals surface area contributed by atoms with E-state index in [0.717, 1.165) is 12.1 Å². The molecule has 0 saturated heterocycles. The molecular formula is C14H18ClF3N2O2. The number of benzene rings is 1. The number of aliphatic hydroxyl groups excluding tert-OH is 1. The summed E-state index contributed by atoms with van der Waals surface area (Å²) >= 11 is 5.50. The van der Waals surface area contributed by atoms with Crippen LogP contribution in [-0.4, -0.2) is 23.8 Å². The van der Waals surface area contributed by atoms with Crippen LogP contribution < -0.4 is 10.6 Å². The van der Waals surface area contributed by atoms with Crippen molar-refractivity contribution in [2.45, 2.75) is 32.5 Å². The van der Waals surface area contributed by atoms with Gasteiger partial charge in [-0.25, -0.2) is 4.79 Å². The van der Waals surface area contributed by atoms with Crippen molar-refractivity contribution in [3.8, 4) is 0 Å². The van der Waals surface area contributed by atoms with E-state index in [4.69, 9.17) is 16.7 Å². The second-order valence-corrected chi connectivity index (χ2v) is 5.71. The van der Waals surface area contributed by atoms with Crippen LogP contribution in [0.5, 0.6) is 0 Å². The first-order valence-corrected chi connectivity index (χ1v) is 7.06. The second-order valence-electron chi connectivity index (χ2n) is 5.30. The van der Waals surface area contributed by atoms with E-state index >= 15 is 0 Å². The molecule has 0 heterocycles. The fourth-order valence-electron chi connectivity index (χ4n) is 1.92. The third-order valence-corrected chi connectivity index (χ3v) is 3.17. The zero-order valence-corrected chi connectivity index (χ0v) is 12.9. The summed E-state index contributed by atoms with van der Waals surface area (Å²) in [6.07, 6.45) is -4.05. The Morgan fingerprint density at radius 2 is 2.00 bits per heavy atom. The van der Waals surface area contributed by atoms with Crippen molar-refractivity contribution >= 4 is 23.3 Å². The summed E-state index contributed by atoms with van der Waals surface area (Å²) in [5, 5.41) is 13.5. The Labute approximate surface area is 131 Å². The fraction of sp³-hybridized carbons (Fsp3) is 0.500. The second kappa shape index (κ2) is 7.69. The Morgan fingerprint density at radius 1 is 1.36 bits per heavy atom. The van der Waals surface area contributed by atoms with Gasteiger partial charge in [-0.05, 0) is 30.5 Å². The Kier molecular flexibility index (Phi) is 6.49. The summed E-state index contributed by atoms with van der Waals surface area (Å²) < 4.78 is 38.2. The van der Waals surface area contributed by atoms with Gasteiger partial charge in [0.2, 0.25) is 0 Å². The maximum absolute atomic E-state index is 12.7. The van der Waals surface area contributed by atoms with Gasteiger partial charge in [-0.15, -0.1) is 0 Å². The van der Waals surface area contributed by atoms with Crippen molar-refractivity contribution in [3.05, 3.63) is 28.8 Å². The number of carbonyl (C=O) groups is 1. The predicted octanol–water partition coefficient (Wildman–Crippen LogP) is 3.89. The fourth-order valence-corrected chi connectivity index (χ4v) is 2.15. The highest BCUT2D eigenvalue weighted by Crippen LogP contribution is 2.36. The number of hydrogen-bond donors (Lipinski definition) is 3. The lowest BCUT2D eigenvalue weighted by Gasteiger charge is -2.19. The van der Waals surface area contributed by atoms with Crippen molar-refractivity contribution in [2.24, 2.45) is 5.92 Å². The predicted molar refractivity (Wildman–Crippen MR) is 78.9 cm³/mol. The van der Waals surface area contributed by atoms with Crippen LogP contribution in [0.25, 0.3) is 0 Å². The molecule has 0 aliphatic carbocycles. The van der Waals surface area contributed by atoms with Crippen LogP contribution in [0.3, 0.4) is 0 Å². The lowest BCUT2D eigenvalue weighted by molar-refractivity contribution is -0.137. The molecule has 1 atom stereocenters. The molecule has 1 aromatic carbocycles. The monoisotopic (exact) mass is 338 g/mol. The van der Waals surface area contributed by atoms with Gasteiger partial charge in [0.15, 0.2) is 0 Å². The van der Waals surface area contributed by atoms with Crippen LogP contribution in [0.15, 0.2) is 18.2 Å². The number of aliphatic hydroxyl groups is 1. The van der Waals surface area contributed by atoms with E-state index in [0.29, 0.717) is 6.42 Å². The van der Waals surface area contributed by atoms with Crippen molar-refractivity contribution < 1.29 is 23.1 Å². The van der Waals surface area contributed by atoms with E-state index in [2.05, 4.69) is 10.6 Å². The minimum Gasteiger partial charge on any atom is -0.394 e. The van der Waals surface area contributed by atoms with E-state index in [1.54, 1.807) is 0 Å². The Bertz CT molecular complexity index is 521. The van der Waals surface area contributed by atoms with Crippen LogP contribution in [0, 0.1) is 5.92 Å². The normalized spacial score (nSPS) is 13.1. The SMILES string of the molecule is CC(C)CC(CO)NC(=O)Nc1ccc(Cl)c(C(F)(F)F)c1. The molecule has 0 spiro atoms. The summed E-state index contributed by atoms with van der Waals surface area (Å²) in [5.41, 5.74) is -1.05. The molecular weight excluding hydrogens is 321 g/mol. The van der Waals surface area contributed by atoms with Crippen LogP contribution in [0.1, 0.15) is 25.8 Å². The molecule has 0 radical (unpaired) electrons. The van der Waals surface area contributed by atoms with Gasteiger partial charge in [-0.3, -0.25) is 0 Å². The van der Waals surface area contributed by atoms with Crippen LogP contribution in [0.4, 0.5) is 23.7 Å². The first-order chi connectivity index (χ1) is 10.1. The highest BCUT2D eigenvalue weighted by molar-refractivity contribution is 6.31. The average Bonchev–Trinajstić information content (AvgIpc) is 2.38. The standard InChI is InChI=1S/C14H18ClF3N2O2/c1-8(2)5-10(7-21)20-13(22)19-9-3-4-12(15)11(6-9)14(16,17)18/h3-4,6,8,10,21H,5,7H2,1-2H3,(H2,19,20,22). The van der Waals surface area contributed by atoms with Gasteiger partial charge in [0, 0.05) is 5.69 Å². The Hall–Kier alpha value is -1.47. The number of anilines is 1. The highest BCUT2D eigenvalue weighted by atomic mass is 35.5. The van der Waals surface area contributed by atoms with Crippen LogP contribution in [-0.2, 0) is 6.18 Å². The lowest BCUT2D eigenvalue weighted by Crippen LogP contribution is -2.41. The highest BCUT2D eigenvalue weighted by Gasteiger charge is 2.33. The molecule has 1 rings (SSSR count). The van der Waals surface area contributed by atoms with E-state index < -0.39 is 28.8 Å². The van der Waals surface area contributed by atoms with Crippen molar-refractivity contribution in [1.82, 2.24) is 5.32 Å². The molecule has 0 fully saturated rings. The molecule has 0 aliphatic rings. The number of urea groups is 1. The third kappa shape index (κ3) is 5.73. The van der Waals surface area contributed by atoms with Gasteiger partial charge in [-0.2, -0.15) is 13.2 Å². The number of carbonyl (C=O) groups excluding carboxylic acids is 1. The molecule has 124 valence electrons. The number of amides is 2. The van der Waals surface area contributed by atoms with Crippen molar-refractivity contribution in [1.29, 1.82) is 0 Å². The zero-order chi connectivity index (χ0) is 16.9. The third-order valence-electron chi connectivity index (χ3n) is 2.84. The summed E-state index contributed by atoms with van der Waals surface area (Å²) in [4.78, 5) is 11.8. The number of rotatable bonds is 5. The van der Waals surface area contributed by atoms with Gasteiger partial charge in [0.1, 0.15) is 0 Å². The van der Waals surface area contributed by atoms with Crippen LogP contribution in [0.2, 0.25) is 5.02 Å². The lowest BCUT2D eigenvalue weighted by atomic mass is 10.0. The molecule has 2 amide bonds. The maximum Gasteiger partial charge on any atom is 0.417 e. The largest absolute Gasteiger partial charge is 0.417 e. The molecule has 3 N–H and O–H groups in total. The first-order valence-electron chi connectivity index (χ1n) is 6.68. The molecule has 22 heavy (non-hydrogen) atoms. The van der Waals surface area contributed by atoms with Crippen molar-refractivity contribution in [2.75, 3.05) is 11.9 Å². The summed E-state index contributed by atoms with van der Waals surface area (Å²) in [5.74, 6) is 0.254. The van der Waals surface area contributed by atoms with E-state index in [-0.39, 0.29) is 18.2 Å². The zero-order valence-electron chi connectivity index (χ0n) is 12.2. The van der Waals surface area contributed by atoms with E-state index in [9.17, 15) is 18.0 Å². The maximum atomic E-state index is 12.7. The average molecular weight is 339 g/mol. The van der Waals surface area contributed by atoms with Crippen molar-refractivity contribution in [3.63, 3.8) is 0 Å². The Morgan fingerprint density at radius 3 is 2.50 bits per heavy atom. The molecule has 0 saturated carbocycles. The van der Waals surface area contributed by atoms with Gasteiger partial charge in [0.05, 0.1) is 23.2 Å². The molecule has 0 aliphatic heterocycles. The molecule has 4 nitrogen and oxygen atoms in total. The molecule has 8 heteroatoms. The molecule has 1 aromatic rings. The van der Waals surface area contributed by atoms with Gasteiger partial charge in [0.25, 0.3) is 0 Å². The van der Waals surface area contributed by atoms with Gasteiger partial charge >= 0.3 is 12.2 Å². The van der Waals surface area contributed by atoms with E-state index in [1.165, 1.54) is 6.07 Å². The molecule has 1 unspecified atom stereocenters. The first kappa shape index (κ1) is 18.6. The number of halogens is 4. The minimum atomic E-state index is -4.60. The van der Waals surface area contributed by atoms with Gasteiger partial charge < -0.3 is 15.7 Å². The van der Waals surface area contributed by atoms with Crippen LogP contribution >= 0.6 is 11.6 Å². The molecule has 0 bridgehead atoms. The molecule has 0 aromatic heterocycles.